The van der Waals surface area contributed by atoms with E-state index in [9.17, 15) is 0 Å². The van der Waals surface area contributed by atoms with Gasteiger partial charge in [0.2, 0.25) is 0 Å². The second kappa shape index (κ2) is 7.59. The maximum atomic E-state index is 6.33. The molecule has 21 heavy (non-hydrogen) atoms. The van der Waals surface area contributed by atoms with Gasteiger partial charge in [0.05, 0.1) is 17.1 Å². The standard InChI is InChI=1S/C17H20BrNO2/c1-12-3-5-13(6-4-12)17(19)14-7-8-16(15(18)11-14)21-10-9-20-2/h3-8,11,17H,9-10,19H2,1-2H3. The zero-order valence-electron chi connectivity index (χ0n) is 12.3. The van der Waals surface area contributed by atoms with Crippen molar-refractivity contribution in [2.75, 3.05) is 20.3 Å². The number of rotatable bonds is 6. The lowest BCUT2D eigenvalue weighted by atomic mass is 9.99. The summed E-state index contributed by atoms with van der Waals surface area (Å²) in [5, 5.41) is 0. The maximum Gasteiger partial charge on any atom is 0.133 e. The maximum absolute atomic E-state index is 6.33. The third-order valence-electron chi connectivity index (χ3n) is 3.30. The van der Waals surface area contributed by atoms with Gasteiger partial charge in [-0.1, -0.05) is 35.9 Å². The summed E-state index contributed by atoms with van der Waals surface area (Å²) in [6, 6.07) is 14.1. The molecule has 2 aromatic rings. The molecule has 0 aliphatic carbocycles. The molecule has 0 bridgehead atoms. The molecule has 112 valence electrons. The highest BCUT2D eigenvalue weighted by molar-refractivity contribution is 9.10. The summed E-state index contributed by atoms with van der Waals surface area (Å²) in [4.78, 5) is 0. The fourth-order valence-corrected chi connectivity index (χ4v) is 2.54. The lowest BCUT2D eigenvalue weighted by Gasteiger charge is -2.15. The van der Waals surface area contributed by atoms with Crippen LogP contribution in [0.2, 0.25) is 0 Å². The van der Waals surface area contributed by atoms with E-state index in [0.717, 1.165) is 21.3 Å². The third-order valence-corrected chi connectivity index (χ3v) is 3.92. The van der Waals surface area contributed by atoms with E-state index < -0.39 is 0 Å². The molecule has 2 rings (SSSR count). The van der Waals surface area contributed by atoms with Gasteiger partial charge in [0.15, 0.2) is 0 Å². The first-order valence-electron chi connectivity index (χ1n) is 6.85. The van der Waals surface area contributed by atoms with E-state index in [1.165, 1.54) is 5.56 Å². The zero-order valence-corrected chi connectivity index (χ0v) is 13.9. The Kier molecular flexibility index (Phi) is 5.79. The Labute approximate surface area is 134 Å². The smallest absolute Gasteiger partial charge is 0.133 e. The number of hydrogen-bond donors (Lipinski definition) is 1. The van der Waals surface area contributed by atoms with Crippen molar-refractivity contribution >= 4 is 15.9 Å². The van der Waals surface area contributed by atoms with Crippen LogP contribution in [0, 0.1) is 6.92 Å². The second-order valence-electron chi connectivity index (χ2n) is 4.92. The predicted molar refractivity (Wildman–Crippen MR) is 88.7 cm³/mol. The van der Waals surface area contributed by atoms with E-state index in [-0.39, 0.29) is 6.04 Å². The Bertz CT molecular complexity index is 584. The molecule has 0 saturated carbocycles. The quantitative estimate of drug-likeness (QED) is 0.806. The van der Waals surface area contributed by atoms with Crippen LogP contribution in [0.4, 0.5) is 0 Å². The Morgan fingerprint density at radius 2 is 1.71 bits per heavy atom. The molecular formula is C17H20BrNO2. The first-order valence-corrected chi connectivity index (χ1v) is 7.64. The molecule has 3 nitrogen and oxygen atoms in total. The SMILES string of the molecule is COCCOc1ccc(C(N)c2ccc(C)cc2)cc1Br. The average Bonchev–Trinajstić information content (AvgIpc) is 2.49. The van der Waals surface area contributed by atoms with Crippen LogP contribution in [0.1, 0.15) is 22.7 Å². The van der Waals surface area contributed by atoms with E-state index in [4.69, 9.17) is 15.2 Å². The minimum atomic E-state index is -0.144. The largest absolute Gasteiger partial charge is 0.490 e. The van der Waals surface area contributed by atoms with Crippen LogP contribution in [-0.2, 0) is 4.74 Å². The van der Waals surface area contributed by atoms with E-state index in [2.05, 4.69) is 47.1 Å². The van der Waals surface area contributed by atoms with Gasteiger partial charge in [0.1, 0.15) is 12.4 Å². The number of aryl methyl sites for hydroxylation is 1. The van der Waals surface area contributed by atoms with Crippen LogP contribution in [0.3, 0.4) is 0 Å². The fraction of sp³-hybridized carbons (Fsp3) is 0.294. The van der Waals surface area contributed by atoms with Gasteiger partial charge in [-0.25, -0.2) is 0 Å². The minimum absolute atomic E-state index is 0.144. The summed E-state index contributed by atoms with van der Waals surface area (Å²) in [7, 11) is 1.65. The van der Waals surface area contributed by atoms with E-state index in [1.807, 2.05) is 18.2 Å². The Balaban J connectivity index is 2.13. The molecule has 0 radical (unpaired) electrons. The van der Waals surface area contributed by atoms with Crippen molar-refractivity contribution in [3.8, 4) is 5.75 Å². The van der Waals surface area contributed by atoms with Gasteiger partial charge in [-0.15, -0.1) is 0 Å². The van der Waals surface area contributed by atoms with Crippen LogP contribution >= 0.6 is 15.9 Å². The number of methoxy groups -OCH3 is 1. The van der Waals surface area contributed by atoms with E-state index in [1.54, 1.807) is 7.11 Å². The summed E-state index contributed by atoms with van der Waals surface area (Å²) in [5.41, 5.74) is 9.70. The molecule has 1 unspecified atom stereocenters. The van der Waals surface area contributed by atoms with Gasteiger partial charge >= 0.3 is 0 Å². The summed E-state index contributed by atoms with van der Waals surface area (Å²) in [6.45, 7) is 3.16. The molecule has 0 spiro atoms. The average molecular weight is 350 g/mol. The highest BCUT2D eigenvalue weighted by atomic mass is 79.9. The van der Waals surface area contributed by atoms with Gasteiger partial charge in [-0.2, -0.15) is 0 Å². The molecule has 0 saturated heterocycles. The molecule has 4 heteroatoms. The second-order valence-corrected chi connectivity index (χ2v) is 5.77. The number of ether oxygens (including phenoxy) is 2. The van der Waals surface area contributed by atoms with Crippen molar-refractivity contribution in [2.24, 2.45) is 5.73 Å². The Hall–Kier alpha value is -1.36. The van der Waals surface area contributed by atoms with Gasteiger partial charge in [-0.05, 0) is 46.1 Å². The van der Waals surface area contributed by atoms with Crippen molar-refractivity contribution in [3.05, 3.63) is 63.6 Å². The molecular weight excluding hydrogens is 330 g/mol. The minimum Gasteiger partial charge on any atom is -0.490 e. The summed E-state index contributed by atoms with van der Waals surface area (Å²) in [6.07, 6.45) is 0. The molecule has 2 N–H and O–H groups in total. The van der Waals surface area contributed by atoms with Crippen LogP contribution < -0.4 is 10.5 Å². The third kappa shape index (κ3) is 4.30. The monoisotopic (exact) mass is 349 g/mol. The number of hydrogen-bond acceptors (Lipinski definition) is 3. The van der Waals surface area contributed by atoms with Gasteiger partial charge in [-0.3, -0.25) is 0 Å². The summed E-state index contributed by atoms with van der Waals surface area (Å²) >= 11 is 3.53. The number of benzene rings is 2. The molecule has 2 aromatic carbocycles. The molecule has 0 aromatic heterocycles. The Morgan fingerprint density at radius 3 is 2.33 bits per heavy atom. The molecule has 0 aliphatic heterocycles. The summed E-state index contributed by atoms with van der Waals surface area (Å²) < 4.78 is 11.5. The molecule has 0 amide bonds. The van der Waals surface area contributed by atoms with Crippen molar-refractivity contribution in [2.45, 2.75) is 13.0 Å². The first-order chi connectivity index (χ1) is 10.1. The van der Waals surface area contributed by atoms with E-state index >= 15 is 0 Å². The lowest BCUT2D eigenvalue weighted by molar-refractivity contribution is 0.146. The summed E-state index contributed by atoms with van der Waals surface area (Å²) in [5.74, 6) is 0.798. The van der Waals surface area contributed by atoms with Crippen molar-refractivity contribution in [1.29, 1.82) is 0 Å². The van der Waals surface area contributed by atoms with Crippen LogP contribution in [0.25, 0.3) is 0 Å². The van der Waals surface area contributed by atoms with Crippen molar-refractivity contribution in [3.63, 3.8) is 0 Å². The predicted octanol–water partition coefficient (Wildman–Crippen LogP) is 3.83. The highest BCUT2D eigenvalue weighted by Crippen LogP contribution is 2.30. The van der Waals surface area contributed by atoms with Gasteiger partial charge < -0.3 is 15.2 Å². The van der Waals surface area contributed by atoms with Crippen molar-refractivity contribution < 1.29 is 9.47 Å². The molecule has 0 aliphatic rings. The van der Waals surface area contributed by atoms with Crippen LogP contribution in [0.15, 0.2) is 46.9 Å². The Morgan fingerprint density at radius 1 is 1.05 bits per heavy atom. The first kappa shape index (κ1) is 16.0. The van der Waals surface area contributed by atoms with Crippen molar-refractivity contribution in [1.82, 2.24) is 0 Å². The number of nitrogens with two attached hydrogens (primary N) is 1. The van der Waals surface area contributed by atoms with Crippen LogP contribution in [0.5, 0.6) is 5.75 Å². The molecule has 1 atom stereocenters. The van der Waals surface area contributed by atoms with Gasteiger partial charge in [0, 0.05) is 7.11 Å². The normalized spacial score (nSPS) is 12.2. The van der Waals surface area contributed by atoms with Crippen LogP contribution in [-0.4, -0.2) is 20.3 Å². The number of halogens is 1. The highest BCUT2D eigenvalue weighted by Gasteiger charge is 2.11. The van der Waals surface area contributed by atoms with Gasteiger partial charge in [0.25, 0.3) is 0 Å². The molecule has 0 heterocycles. The van der Waals surface area contributed by atoms with E-state index in [0.29, 0.717) is 13.2 Å². The fourth-order valence-electron chi connectivity index (χ4n) is 2.03. The zero-order chi connectivity index (χ0) is 15.2. The molecule has 0 fully saturated rings. The lowest BCUT2D eigenvalue weighted by Crippen LogP contribution is -2.12. The topological polar surface area (TPSA) is 44.5 Å².